The number of rotatable bonds is 4. The van der Waals surface area contributed by atoms with Crippen LogP contribution in [0.25, 0.3) is 0 Å². The molecule has 0 aliphatic rings. The maximum Gasteiger partial charge on any atom is 0.325 e. The van der Waals surface area contributed by atoms with Crippen molar-refractivity contribution < 1.29 is 19.1 Å². The number of carbonyl (C=O) groups is 2. The summed E-state index contributed by atoms with van der Waals surface area (Å²) in [6.07, 6.45) is 0.249. The highest BCUT2D eigenvalue weighted by Gasteiger charge is 2.08. The van der Waals surface area contributed by atoms with E-state index in [-0.39, 0.29) is 12.3 Å². The van der Waals surface area contributed by atoms with Crippen LogP contribution >= 0.6 is 0 Å². The van der Waals surface area contributed by atoms with Crippen LogP contribution < -0.4 is 20.1 Å². The van der Waals surface area contributed by atoms with Gasteiger partial charge in [-0.05, 0) is 12.1 Å². The summed E-state index contributed by atoms with van der Waals surface area (Å²) in [5, 5.41) is 4.71. The number of urea groups is 1. The lowest BCUT2D eigenvalue weighted by molar-refractivity contribution is -0.119. The van der Waals surface area contributed by atoms with E-state index in [0.29, 0.717) is 17.2 Å². The molecule has 0 spiro atoms. The summed E-state index contributed by atoms with van der Waals surface area (Å²) in [6.45, 7) is 1.67. The van der Waals surface area contributed by atoms with Crippen LogP contribution in [0.1, 0.15) is 13.3 Å². The van der Waals surface area contributed by atoms with E-state index in [2.05, 4.69) is 10.6 Å². The highest BCUT2D eigenvalue weighted by Crippen LogP contribution is 2.29. The first-order chi connectivity index (χ1) is 8.60. The van der Waals surface area contributed by atoms with Crippen LogP contribution in [0.4, 0.5) is 10.5 Å². The normalized spacial score (nSPS) is 9.50. The first-order valence-electron chi connectivity index (χ1n) is 5.43. The largest absolute Gasteiger partial charge is 0.493 e. The molecule has 0 heterocycles. The lowest BCUT2D eigenvalue weighted by atomic mass is 10.3. The van der Waals surface area contributed by atoms with Gasteiger partial charge in [-0.25, -0.2) is 4.79 Å². The SMILES string of the molecule is CCC(=O)NC(=O)Nc1ccc(OC)c(OC)c1. The fraction of sp³-hybridized carbons (Fsp3) is 0.333. The molecule has 6 heteroatoms. The summed E-state index contributed by atoms with van der Waals surface area (Å²) in [5.41, 5.74) is 0.508. The van der Waals surface area contributed by atoms with Crippen molar-refractivity contribution in [2.75, 3.05) is 19.5 Å². The summed E-state index contributed by atoms with van der Waals surface area (Å²) in [5.74, 6) is 0.721. The molecule has 0 unspecified atom stereocenters. The third-order valence-corrected chi connectivity index (χ3v) is 2.22. The van der Waals surface area contributed by atoms with E-state index in [9.17, 15) is 9.59 Å². The Morgan fingerprint density at radius 1 is 1.17 bits per heavy atom. The second-order valence-corrected chi connectivity index (χ2v) is 3.43. The zero-order valence-corrected chi connectivity index (χ0v) is 10.6. The molecule has 0 fully saturated rings. The van der Waals surface area contributed by atoms with Crippen molar-refractivity contribution in [1.29, 1.82) is 0 Å². The maximum absolute atomic E-state index is 11.4. The average Bonchev–Trinajstić information content (AvgIpc) is 2.38. The standard InChI is InChI=1S/C12H16N2O4/c1-4-11(15)14-12(16)13-8-5-6-9(17-2)10(7-8)18-3/h5-7H,4H2,1-3H3,(H2,13,14,15,16). The highest BCUT2D eigenvalue weighted by molar-refractivity contribution is 6.01. The zero-order valence-electron chi connectivity index (χ0n) is 10.6. The Hall–Kier alpha value is -2.24. The van der Waals surface area contributed by atoms with Crippen molar-refractivity contribution in [3.63, 3.8) is 0 Å². The van der Waals surface area contributed by atoms with Crippen LogP contribution in [-0.2, 0) is 4.79 Å². The van der Waals surface area contributed by atoms with Gasteiger partial charge in [0.25, 0.3) is 0 Å². The van der Waals surface area contributed by atoms with Gasteiger partial charge in [-0.15, -0.1) is 0 Å². The molecular formula is C12H16N2O4. The van der Waals surface area contributed by atoms with E-state index in [4.69, 9.17) is 9.47 Å². The number of imide groups is 1. The molecule has 0 aliphatic heterocycles. The van der Waals surface area contributed by atoms with E-state index in [1.165, 1.54) is 14.2 Å². The van der Waals surface area contributed by atoms with Gasteiger partial charge in [0, 0.05) is 18.2 Å². The molecule has 0 aromatic heterocycles. The van der Waals surface area contributed by atoms with Gasteiger partial charge in [0.1, 0.15) is 0 Å². The number of nitrogens with one attached hydrogen (secondary N) is 2. The zero-order chi connectivity index (χ0) is 13.5. The van der Waals surface area contributed by atoms with Crippen LogP contribution in [0.5, 0.6) is 11.5 Å². The third kappa shape index (κ3) is 3.65. The molecule has 0 aliphatic carbocycles. The van der Waals surface area contributed by atoms with Gasteiger partial charge in [-0.3, -0.25) is 10.1 Å². The van der Waals surface area contributed by atoms with Crippen molar-refractivity contribution in [3.05, 3.63) is 18.2 Å². The molecule has 3 amide bonds. The fourth-order valence-corrected chi connectivity index (χ4v) is 1.29. The van der Waals surface area contributed by atoms with Crippen LogP contribution in [0, 0.1) is 0 Å². The van der Waals surface area contributed by atoms with Gasteiger partial charge in [0.2, 0.25) is 5.91 Å². The molecule has 0 radical (unpaired) electrons. The van der Waals surface area contributed by atoms with Gasteiger partial charge in [0.15, 0.2) is 11.5 Å². The summed E-state index contributed by atoms with van der Waals surface area (Å²) in [6, 6.07) is 4.34. The van der Waals surface area contributed by atoms with Crippen molar-refractivity contribution in [3.8, 4) is 11.5 Å². The number of benzene rings is 1. The van der Waals surface area contributed by atoms with Crippen LogP contribution in [0.2, 0.25) is 0 Å². The number of hydrogen-bond donors (Lipinski definition) is 2. The quantitative estimate of drug-likeness (QED) is 0.856. The highest BCUT2D eigenvalue weighted by atomic mass is 16.5. The maximum atomic E-state index is 11.4. The first-order valence-corrected chi connectivity index (χ1v) is 5.43. The smallest absolute Gasteiger partial charge is 0.325 e. The molecule has 0 bridgehead atoms. The number of ether oxygens (including phenoxy) is 2. The number of amides is 3. The first kappa shape index (κ1) is 13.8. The molecule has 1 aromatic carbocycles. The predicted molar refractivity (Wildman–Crippen MR) is 67.0 cm³/mol. The third-order valence-electron chi connectivity index (χ3n) is 2.22. The molecule has 0 atom stereocenters. The van der Waals surface area contributed by atoms with E-state index in [1.54, 1.807) is 25.1 Å². The summed E-state index contributed by atoms with van der Waals surface area (Å²) >= 11 is 0. The van der Waals surface area contributed by atoms with E-state index >= 15 is 0 Å². The topological polar surface area (TPSA) is 76.7 Å². The Kier molecular flexibility index (Phi) is 4.98. The fourth-order valence-electron chi connectivity index (χ4n) is 1.29. The van der Waals surface area contributed by atoms with E-state index in [0.717, 1.165) is 0 Å². The van der Waals surface area contributed by atoms with Crippen molar-refractivity contribution in [1.82, 2.24) is 5.32 Å². The molecule has 98 valence electrons. The molecule has 2 N–H and O–H groups in total. The molecule has 0 saturated heterocycles. The van der Waals surface area contributed by atoms with Gasteiger partial charge in [-0.1, -0.05) is 6.92 Å². The Balaban J connectivity index is 2.73. The van der Waals surface area contributed by atoms with Crippen LogP contribution in [-0.4, -0.2) is 26.2 Å². The van der Waals surface area contributed by atoms with Gasteiger partial charge >= 0.3 is 6.03 Å². The van der Waals surface area contributed by atoms with Gasteiger partial charge in [-0.2, -0.15) is 0 Å². The minimum atomic E-state index is -0.575. The lowest BCUT2D eigenvalue weighted by Gasteiger charge is -2.10. The minimum Gasteiger partial charge on any atom is -0.493 e. The average molecular weight is 252 g/mol. The van der Waals surface area contributed by atoms with E-state index < -0.39 is 6.03 Å². The number of anilines is 1. The molecule has 0 saturated carbocycles. The Labute approximate surface area is 105 Å². The Morgan fingerprint density at radius 2 is 1.83 bits per heavy atom. The molecule has 6 nitrogen and oxygen atoms in total. The van der Waals surface area contributed by atoms with E-state index in [1.807, 2.05) is 0 Å². The predicted octanol–water partition coefficient (Wildman–Crippen LogP) is 1.76. The second kappa shape index (κ2) is 6.48. The number of methoxy groups -OCH3 is 2. The monoisotopic (exact) mass is 252 g/mol. The van der Waals surface area contributed by atoms with Crippen LogP contribution in [0.15, 0.2) is 18.2 Å². The molecule has 18 heavy (non-hydrogen) atoms. The number of carbonyl (C=O) groups excluding carboxylic acids is 2. The summed E-state index contributed by atoms with van der Waals surface area (Å²) in [7, 11) is 3.03. The van der Waals surface area contributed by atoms with Crippen molar-refractivity contribution in [2.24, 2.45) is 0 Å². The molecular weight excluding hydrogens is 236 g/mol. The Morgan fingerprint density at radius 3 is 2.39 bits per heavy atom. The summed E-state index contributed by atoms with van der Waals surface area (Å²) in [4.78, 5) is 22.4. The van der Waals surface area contributed by atoms with Gasteiger partial charge < -0.3 is 14.8 Å². The van der Waals surface area contributed by atoms with Crippen LogP contribution in [0.3, 0.4) is 0 Å². The minimum absolute atomic E-state index is 0.249. The van der Waals surface area contributed by atoms with Crippen molar-refractivity contribution in [2.45, 2.75) is 13.3 Å². The number of hydrogen-bond acceptors (Lipinski definition) is 4. The van der Waals surface area contributed by atoms with Gasteiger partial charge in [0.05, 0.1) is 14.2 Å². The molecule has 1 aromatic rings. The summed E-state index contributed by atoms with van der Waals surface area (Å²) < 4.78 is 10.2. The second-order valence-electron chi connectivity index (χ2n) is 3.43. The molecule has 1 rings (SSSR count). The Bertz CT molecular complexity index is 446. The lowest BCUT2D eigenvalue weighted by Crippen LogP contribution is -2.33. The van der Waals surface area contributed by atoms with Crippen molar-refractivity contribution >= 4 is 17.6 Å².